The van der Waals surface area contributed by atoms with Crippen LogP contribution >= 0.6 is 0 Å². The van der Waals surface area contributed by atoms with Crippen molar-refractivity contribution in [1.29, 1.82) is 0 Å². The molecule has 29 heavy (non-hydrogen) atoms. The van der Waals surface area contributed by atoms with Gasteiger partial charge in [-0.3, -0.25) is 9.48 Å². The standard InChI is InChI=1S/C17H18F4N4O3S/c1-29(27,28)25-4-2-10(3-5-25)17(26)23-11-7-22-24(8-11)9-12-13(18)6-14(19)16(21)15(12)20/h6-8,10H,2-5,9H2,1H3,(H,23,26). The molecule has 2 heterocycles. The average molecular weight is 434 g/mol. The van der Waals surface area contributed by atoms with E-state index in [9.17, 15) is 30.8 Å². The van der Waals surface area contributed by atoms with Crippen molar-refractivity contribution in [3.8, 4) is 0 Å². The summed E-state index contributed by atoms with van der Waals surface area (Å²) in [6.07, 6.45) is 4.37. The third-order valence-corrected chi connectivity index (χ3v) is 6.03. The van der Waals surface area contributed by atoms with Gasteiger partial charge in [0.1, 0.15) is 5.82 Å². The van der Waals surface area contributed by atoms with Gasteiger partial charge in [0.2, 0.25) is 15.9 Å². The number of hydrogen-bond donors (Lipinski definition) is 1. The Morgan fingerprint density at radius 2 is 1.83 bits per heavy atom. The topological polar surface area (TPSA) is 84.3 Å². The third kappa shape index (κ3) is 4.75. The van der Waals surface area contributed by atoms with Gasteiger partial charge in [-0.25, -0.2) is 30.3 Å². The number of carbonyl (C=O) groups is 1. The fourth-order valence-corrected chi connectivity index (χ4v) is 3.99. The molecule has 1 fully saturated rings. The Morgan fingerprint density at radius 1 is 1.17 bits per heavy atom. The van der Waals surface area contributed by atoms with Crippen molar-refractivity contribution in [2.45, 2.75) is 19.4 Å². The Morgan fingerprint density at radius 3 is 2.45 bits per heavy atom. The van der Waals surface area contributed by atoms with Gasteiger partial charge < -0.3 is 5.32 Å². The summed E-state index contributed by atoms with van der Waals surface area (Å²) in [6.45, 7) is -0.0206. The first kappa shape index (κ1) is 21.2. The van der Waals surface area contributed by atoms with Crippen LogP contribution in [0.4, 0.5) is 23.2 Å². The monoisotopic (exact) mass is 434 g/mol. The van der Waals surface area contributed by atoms with E-state index in [1.807, 2.05) is 0 Å². The molecular formula is C17H18F4N4O3S. The maximum atomic E-state index is 13.8. The molecular weight excluding hydrogens is 416 g/mol. The van der Waals surface area contributed by atoms with Gasteiger partial charge >= 0.3 is 0 Å². The SMILES string of the molecule is CS(=O)(=O)N1CCC(C(=O)Nc2cnn(Cc3c(F)cc(F)c(F)c3F)c2)CC1. The van der Waals surface area contributed by atoms with Crippen molar-refractivity contribution in [2.75, 3.05) is 24.7 Å². The Balaban J connectivity index is 1.63. The van der Waals surface area contributed by atoms with E-state index in [4.69, 9.17) is 0 Å². The van der Waals surface area contributed by atoms with Crippen LogP contribution in [0, 0.1) is 29.2 Å². The van der Waals surface area contributed by atoms with Gasteiger partial charge in [-0.15, -0.1) is 0 Å². The van der Waals surface area contributed by atoms with E-state index < -0.39 is 51.3 Å². The van der Waals surface area contributed by atoms with Crippen LogP contribution < -0.4 is 5.32 Å². The molecule has 0 aliphatic carbocycles. The molecule has 1 amide bonds. The van der Waals surface area contributed by atoms with E-state index in [0.717, 1.165) is 10.9 Å². The minimum atomic E-state index is -3.30. The van der Waals surface area contributed by atoms with Crippen LogP contribution in [-0.2, 0) is 21.4 Å². The Kier molecular flexibility index (Phi) is 5.94. The number of nitrogens with zero attached hydrogens (tertiary/aromatic N) is 3. The fourth-order valence-electron chi connectivity index (χ4n) is 3.12. The molecule has 0 saturated carbocycles. The summed E-state index contributed by atoms with van der Waals surface area (Å²) in [4.78, 5) is 12.4. The van der Waals surface area contributed by atoms with Gasteiger partial charge in [0, 0.05) is 36.8 Å². The molecule has 1 aliphatic rings. The number of halogens is 4. The summed E-state index contributed by atoms with van der Waals surface area (Å²) in [5.74, 6) is -7.01. The fraction of sp³-hybridized carbons (Fsp3) is 0.412. The third-order valence-electron chi connectivity index (χ3n) is 4.72. The molecule has 158 valence electrons. The van der Waals surface area contributed by atoms with Crippen molar-refractivity contribution < 1.29 is 30.8 Å². The molecule has 0 bridgehead atoms. The number of benzene rings is 1. The van der Waals surface area contributed by atoms with Crippen LogP contribution in [0.2, 0.25) is 0 Å². The largest absolute Gasteiger partial charge is 0.323 e. The van der Waals surface area contributed by atoms with E-state index in [1.54, 1.807) is 0 Å². The summed E-state index contributed by atoms with van der Waals surface area (Å²) in [5.41, 5.74) is -0.443. The molecule has 1 N–H and O–H groups in total. The van der Waals surface area contributed by atoms with Crippen molar-refractivity contribution >= 4 is 21.6 Å². The minimum absolute atomic E-state index is 0.241. The number of anilines is 1. The first-order valence-electron chi connectivity index (χ1n) is 8.66. The molecule has 3 rings (SSSR count). The number of amides is 1. The Bertz CT molecular complexity index is 1030. The van der Waals surface area contributed by atoms with E-state index in [0.29, 0.717) is 12.8 Å². The van der Waals surface area contributed by atoms with E-state index >= 15 is 0 Å². The van der Waals surface area contributed by atoms with Crippen LogP contribution in [-0.4, -0.2) is 47.8 Å². The van der Waals surface area contributed by atoms with Crippen molar-refractivity contribution in [3.05, 3.63) is 47.3 Å². The highest BCUT2D eigenvalue weighted by molar-refractivity contribution is 7.88. The van der Waals surface area contributed by atoms with Crippen LogP contribution in [0.25, 0.3) is 0 Å². The second kappa shape index (κ2) is 8.11. The lowest BCUT2D eigenvalue weighted by Crippen LogP contribution is -2.40. The number of sulfonamides is 1. The zero-order valence-electron chi connectivity index (χ0n) is 15.3. The van der Waals surface area contributed by atoms with E-state index in [2.05, 4.69) is 10.4 Å². The zero-order valence-corrected chi connectivity index (χ0v) is 16.1. The van der Waals surface area contributed by atoms with E-state index in [-0.39, 0.29) is 30.8 Å². The van der Waals surface area contributed by atoms with Crippen molar-refractivity contribution in [1.82, 2.24) is 14.1 Å². The minimum Gasteiger partial charge on any atom is -0.323 e. The Hall–Kier alpha value is -2.47. The molecule has 1 saturated heterocycles. The van der Waals surface area contributed by atoms with Gasteiger partial charge in [0.15, 0.2) is 17.5 Å². The molecule has 1 aromatic carbocycles. The molecule has 1 aliphatic heterocycles. The molecule has 0 unspecified atom stereocenters. The number of rotatable bonds is 5. The van der Waals surface area contributed by atoms with Crippen LogP contribution in [0.5, 0.6) is 0 Å². The first-order valence-corrected chi connectivity index (χ1v) is 10.5. The zero-order chi connectivity index (χ0) is 21.3. The predicted octanol–water partition coefficient (Wildman–Crippen LogP) is 2.10. The lowest BCUT2D eigenvalue weighted by Gasteiger charge is -2.29. The highest BCUT2D eigenvalue weighted by Crippen LogP contribution is 2.22. The molecule has 0 spiro atoms. The summed E-state index contributed by atoms with van der Waals surface area (Å²) in [7, 11) is -3.30. The Labute approximate surface area is 164 Å². The van der Waals surface area contributed by atoms with Gasteiger partial charge in [-0.05, 0) is 12.8 Å². The quantitative estimate of drug-likeness (QED) is 0.444. The summed E-state index contributed by atoms with van der Waals surface area (Å²) in [5, 5.41) is 6.46. The first-order chi connectivity index (χ1) is 13.6. The smallest absolute Gasteiger partial charge is 0.227 e. The number of hydrogen-bond acceptors (Lipinski definition) is 4. The maximum Gasteiger partial charge on any atom is 0.227 e. The van der Waals surface area contributed by atoms with E-state index in [1.165, 1.54) is 16.7 Å². The normalized spacial score (nSPS) is 16.2. The number of aromatic nitrogens is 2. The number of nitrogens with one attached hydrogen (secondary N) is 1. The van der Waals surface area contributed by atoms with Gasteiger partial charge in [0.05, 0.1) is 24.7 Å². The molecule has 12 heteroatoms. The molecule has 7 nitrogen and oxygen atoms in total. The highest BCUT2D eigenvalue weighted by atomic mass is 32.2. The van der Waals surface area contributed by atoms with Crippen LogP contribution in [0.3, 0.4) is 0 Å². The molecule has 0 radical (unpaired) electrons. The highest BCUT2D eigenvalue weighted by Gasteiger charge is 2.29. The van der Waals surface area contributed by atoms with Gasteiger partial charge in [0.25, 0.3) is 0 Å². The summed E-state index contributed by atoms with van der Waals surface area (Å²) >= 11 is 0. The lowest BCUT2D eigenvalue weighted by molar-refractivity contribution is -0.120. The second-order valence-electron chi connectivity index (χ2n) is 6.80. The van der Waals surface area contributed by atoms with Gasteiger partial charge in [-0.2, -0.15) is 5.10 Å². The molecule has 1 aromatic heterocycles. The average Bonchev–Trinajstić information content (AvgIpc) is 3.10. The van der Waals surface area contributed by atoms with Crippen molar-refractivity contribution in [2.24, 2.45) is 5.92 Å². The maximum absolute atomic E-state index is 13.8. The summed E-state index contributed by atoms with van der Waals surface area (Å²) < 4.78 is 79.2. The lowest BCUT2D eigenvalue weighted by atomic mass is 9.97. The number of piperidine rings is 1. The second-order valence-corrected chi connectivity index (χ2v) is 8.78. The molecule has 2 aromatic rings. The van der Waals surface area contributed by atoms with Crippen LogP contribution in [0.15, 0.2) is 18.5 Å². The van der Waals surface area contributed by atoms with Crippen molar-refractivity contribution in [3.63, 3.8) is 0 Å². The molecule has 0 atom stereocenters. The summed E-state index contributed by atoms with van der Waals surface area (Å²) in [6, 6.07) is 0.253. The van der Waals surface area contributed by atoms with Crippen LogP contribution in [0.1, 0.15) is 18.4 Å². The van der Waals surface area contributed by atoms with Gasteiger partial charge in [-0.1, -0.05) is 0 Å². The number of carbonyl (C=O) groups excluding carboxylic acids is 1. The predicted molar refractivity (Wildman–Crippen MR) is 95.4 cm³/mol.